The second kappa shape index (κ2) is 6.61. The maximum absolute atomic E-state index is 11.5. The lowest BCUT2D eigenvalue weighted by Crippen LogP contribution is -2.40. The number of aromatic nitrogens is 4. The molecule has 3 rings (SSSR count). The molecule has 0 spiro atoms. The largest absolute Gasteiger partial charge is 0.456 e. The fourth-order valence-electron chi connectivity index (χ4n) is 2.79. The molecule has 11 nitrogen and oxygen atoms in total. The summed E-state index contributed by atoms with van der Waals surface area (Å²) >= 11 is 0. The van der Waals surface area contributed by atoms with Crippen molar-refractivity contribution in [1.29, 1.82) is 0 Å². The first-order valence-electron chi connectivity index (χ1n) is 7.46. The third kappa shape index (κ3) is 3.10. The summed E-state index contributed by atoms with van der Waals surface area (Å²) in [6.45, 7) is 2.00. The first kappa shape index (κ1) is 17.0. The Labute approximate surface area is 141 Å². The van der Waals surface area contributed by atoms with E-state index in [1.54, 1.807) is 0 Å². The van der Waals surface area contributed by atoms with Gasteiger partial charge in [-0.3, -0.25) is 14.2 Å². The standard InChI is InChI=1S/C14H17N5O6/c1-6(21)23-10-8(3-20)25-14(11(10)24-7(2)22)19-5-18-9-12(15)16-4-17-13(9)19/h4-5,8,10-11,14,20H,3H2,1-2H3,(H2,15,16,17)/t8-,10-,11+,14+/m0/s1. The van der Waals surface area contributed by atoms with Gasteiger partial charge in [0.15, 0.2) is 29.9 Å². The molecule has 3 heterocycles. The van der Waals surface area contributed by atoms with E-state index >= 15 is 0 Å². The summed E-state index contributed by atoms with van der Waals surface area (Å²) in [6.07, 6.45) is -1.10. The summed E-state index contributed by atoms with van der Waals surface area (Å²) in [5.41, 5.74) is 6.48. The topological polar surface area (TPSA) is 152 Å². The number of anilines is 1. The molecular formula is C14H17N5O6. The van der Waals surface area contributed by atoms with Gasteiger partial charge in [0, 0.05) is 13.8 Å². The van der Waals surface area contributed by atoms with Crippen LogP contribution in [0.2, 0.25) is 0 Å². The third-order valence-corrected chi connectivity index (χ3v) is 3.73. The molecule has 0 aromatic carbocycles. The molecule has 0 bridgehead atoms. The SMILES string of the molecule is CC(=O)O[C@@H]1[C@@H](OC(C)=O)[C@H](n2cnc3c(N)ncnc32)O[C@H]1CO. The van der Waals surface area contributed by atoms with E-state index in [1.165, 1.54) is 31.1 Å². The molecule has 1 aliphatic rings. The Bertz CT molecular complexity index is 808. The van der Waals surface area contributed by atoms with E-state index in [0.717, 1.165) is 0 Å². The van der Waals surface area contributed by atoms with Crippen LogP contribution in [0.15, 0.2) is 12.7 Å². The number of carbonyl (C=O) groups excluding carboxylic acids is 2. The Kier molecular flexibility index (Phi) is 4.51. The molecule has 3 N–H and O–H groups in total. The highest BCUT2D eigenvalue weighted by Gasteiger charge is 2.50. The van der Waals surface area contributed by atoms with E-state index in [2.05, 4.69) is 15.0 Å². The van der Waals surface area contributed by atoms with Gasteiger partial charge in [0.1, 0.15) is 17.9 Å². The van der Waals surface area contributed by atoms with Crippen LogP contribution in [0.5, 0.6) is 0 Å². The summed E-state index contributed by atoms with van der Waals surface area (Å²) < 4.78 is 17.7. The monoisotopic (exact) mass is 351 g/mol. The fourth-order valence-corrected chi connectivity index (χ4v) is 2.79. The number of imidazole rings is 1. The van der Waals surface area contributed by atoms with Crippen molar-refractivity contribution in [2.24, 2.45) is 0 Å². The van der Waals surface area contributed by atoms with Gasteiger partial charge in [-0.25, -0.2) is 15.0 Å². The van der Waals surface area contributed by atoms with Crippen molar-refractivity contribution in [3.05, 3.63) is 12.7 Å². The van der Waals surface area contributed by atoms with E-state index in [-0.39, 0.29) is 5.82 Å². The van der Waals surface area contributed by atoms with E-state index < -0.39 is 43.1 Å². The van der Waals surface area contributed by atoms with Crippen LogP contribution in [-0.2, 0) is 23.8 Å². The van der Waals surface area contributed by atoms with E-state index in [1.807, 2.05) is 0 Å². The molecule has 1 fully saturated rings. The van der Waals surface area contributed by atoms with Crippen LogP contribution < -0.4 is 5.73 Å². The second-order valence-corrected chi connectivity index (χ2v) is 5.48. The number of rotatable bonds is 4. The molecule has 134 valence electrons. The van der Waals surface area contributed by atoms with Crippen molar-refractivity contribution in [2.75, 3.05) is 12.3 Å². The lowest BCUT2D eigenvalue weighted by atomic mass is 10.1. The Morgan fingerprint density at radius 3 is 2.56 bits per heavy atom. The summed E-state index contributed by atoms with van der Waals surface area (Å²) in [5, 5.41) is 9.55. The average molecular weight is 351 g/mol. The predicted molar refractivity (Wildman–Crippen MR) is 81.8 cm³/mol. The third-order valence-electron chi connectivity index (χ3n) is 3.73. The molecule has 25 heavy (non-hydrogen) atoms. The number of nitrogens with zero attached hydrogens (tertiary/aromatic N) is 4. The van der Waals surface area contributed by atoms with Crippen LogP contribution in [0.1, 0.15) is 20.1 Å². The van der Waals surface area contributed by atoms with Gasteiger partial charge in [0.2, 0.25) is 0 Å². The van der Waals surface area contributed by atoms with E-state index in [0.29, 0.717) is 11.2 Å². The van der Waals surface area contributed by atoms with Crippen molar-refractivity contribution < 1.29 is 28.9 Å². The number of ether oxygens (including phenoxy) is 3. The van der Waals surface area contributed by atoms with E-state index in [4.69, 9.17) is 19.9 Å². The summed E-state index contributed by atoms with van der Waals surface area (Å²) in [6, 6.07) is 0. The molecule has 0 radical (unpaired) electrons. The molecular weight excluding hydrogens is 334 g/mol. The van der Waals surface area contributed by atoms with Crippen molar-refractivity contribution >= 4 is 28.9 Å². The first-order valence-corrected chi connectivity index (χ1v) is 7.46. The number of aliphatic hydroxyl groups excluding tert-OH is 1. The minimum atomic E-state index is -0.993. The number of aliphatic hydroxyl groups is 1. The molecule has 1 saturated heterocycles. The van der Waals surface area contributed by atoms with Gasteiger partial charge < -0.3 is 25.1 Å². The molecule has 0 amide bonds. The Hall–Kier alpha value is -2.79. The molecule has 0 unspecified atom stereocenters. The Morgan fingerprint density at radius 2 is 1.92 bits per heavy atom. The quantitative estimate of drug-likeness (QED) is 0.667. The zero-order chi connectivity index (χ0) is 18.1. The van der Waals surface area contributed by atoms with E-state index in [9.17, 15) is 14.7 Å². The van der Waals surface area contributed by atoms with Gasteiger partial charge in [-0.05, 0) is 0 Å². The number of esters is 2. The summed E-state index contributed by atoms with van der Waals surface area (Å²) in [5.74, 6) is -0.999. The number of nitrogen functional groups attached to an aromatic ring is 1. The van der Waals surface area contributed by atoms with Crippen LogP contribution in [-0.4, -0.2) is 61.5 Å². The molecule has 0 aliphatic carbocycles. The smallest absolute Gasteiger partial charge is 0.303 e. The summed E-state index contributed by atoms with van der Waals surface area (Å²) in [4.78, 5) is 35.0. The highest BCUT2D eigenvalue weighted by Crippen LogP contribution is 2.35. The van der Waals surface area contributed by atoms with Crippen molar-refractivity contribution in [3.63, 3.8) is 0 Å². The maximum atomic E-state index is 11.5. The van der Waals surface area contributed by atoms with Gasteiger partial charge in [-0.1, -0.05) is 0 Å². The molecule has 0 saturated carbocycles. The van der Waals surface area contributed by atoms with Gasteiger partial charge in [0.05, 0.1) is 12.9 Å². The number of carbonyl (C=O) groups is 2. The van der Waals surface area contributed by atoms with Crippen molar-refractivity contribution in [2.45, 2.75) is 38.4 Å². The number of hydrogen-bond donors (Lipinski definition) is 2. The zero-order valence-corrected chi connectivity index (χ0v) is 13.5. The molecule has 2 aromatic heterocycles. The predicted octanol–water partition coefficient (Wildman–Crippen LogP) is -0.838. The molecule has 2 aromatic rings. The average Bonchev–Trinajstić information content (AvgIpc) is 3.10. The van der Waals surface area contributed by atoms with Crippen LogP contribution in [0.3, 0.4) is 0 Å². The lowest BCUT2D eigenvalue weighted by Gasteiger charge is -2.23. The number of hydrogen-bond acceptors (Lipinski definition) is 10. The van der Waals surface area contributed by atoms with Gasteiger partial charge in [0.25, 0.3) is 0 Å². The van der Waals surface area contributed by atoms with Gasteiger partial charge >= 0.3 is 11.9 Å². The first-order chi connectivity index (χ1) is 11.9. The minimum Gasteiger partial charge on any atom is -0.456 e. The van der Waals surface area contributed by atoms with Crippen LogP contribution >= 0.6 is 0 Å². The van der Waals surface area contributed by atoms with Crippen LogP contribution in [0, 0.1) is 0 Å². The fraction of sp³-hybridized carbons (Fsp3) is 0.500. The Balaban J connectivity index is 2.04. The molecule has 4 atom stereocenters. The Morgan fingerprint density at radius 1 is 1.24 bits per heavy atom. The van der Waals surface area contributed by atoms with Crippen LogP contribution in [0.25, 0.3) is 11.2 Å². The number of nitrogens with two attached hydrogens (primary N) is 1. The highest BCUT2D eigenvalue weighted by atomic mass is 16.6. The van der Waals surface area contributed by atoms with Crippen molar-refractivity contribution in [3.8, 4) is 0 Å². The lowest BCUT2D eigenvalue weighted by molar-refractivity contribution is -0.165. The highest BCUT2D eigenvalue weighted by molar-refractivity contribution is 5.81. The normalized spacial score (nSPS) is 25.9. The van der Waals surface area contributed by atoms with Gasteiger partial charge in [-0.2, -0.15) is 0 Å². The molecule has 11 heteroatoms. The molecule has 1 aliphatic heterocycles. The minimum absolute atomic E-state index is 0.182. The number of fused-ring (bicyclic) bond motifs is 1. The van der Waals surface area contributed by atoms with Crippen molar-refractivity contribution in [1.82, 2.24) is 19.5 Å². The second-order valence-electron chi connectivity index (χ2n) is 5.48. The van der Waals surface area contributed by atoms with Gasteiger partial charge in [-0.15, -0.1) is 0 Å². The summed E-state index contributed by atoms with van der Waals surface area (Å²) in [7, 11) is 0. The maximum Gasteiger partial charge on any atom is 0.303 e. The van der Waals surface area contributed by atoms with Crippen LogP contribution in [0.4, 0.5) is 5.82 Å². The zero-order valence-electron chi connectivity index (χ0n) is 13.5.